The van der Waals surface area contributed by atoms with Gasteiger partial charge in [0.15, 0.2) is 0 Å². The van der Waals surface area contributed by atoms with E-state index >= 15 is 0 Å². The molecule has 1 N–H and O–H groups in total. The number of benzene rings is 1. The number of hydrogen-bond acceptors (Lipinski definition) is 3. The lowest BCUT2D eigenvalue weighted by atomic mass is 9.75. The van der Waals surface area contributed by atoms with E-state index in [0.717, 1.165) is 24.8 Å². The second-order valence-corrected chi connectivity index (χ2v) is 6.38. The highest BCUT2D eigenvalue weighted by Crippen LogP contribution is 2.39. The van der Waals surface area contributed by atoms with Crippen molar-refractivity contribution in [2.75, 3.05) is 6.61 Å². The summed E-state index contributed by atoms with van der Waals surface area (Å²) >= 11 is 0. The van der Waals surface area contributed by atoms with Gasteiger partial charge in [-0.2, -0.15) is 0 Å². The van der Waals surface area contributed by atoms with Crippen LogP contribution in [0, 0.1) is 5.92 Å². The fourth-order valence-electron chi connectivity index (χ4n) is 3.11. The van der Waals surface area contributed by atoms with Crippen LogP contribution in [0.2, 0.25) is 0 Å². The molecule has 2 rings (SSSR count). The summed E-state index contributed by atoms with van der Waals surface area (Å²) in [6, 6.07) is 8.22. The molecule has 1 aliphatic rings. The lowest BCUT2D eigenvalue weighted by Crippen LogP contribution is -2.34. The maximum Gasteiger partial charge on any atom is 0.308 e. The molecule has 1 aromatic carbocycles. The van der Waals surface area contributed by atoms with Crippen molar-refractivity contribution in [1.29, 1.82) is 0 Å². The first-order chi connectivity index (χ1) is 10.6. The number of carbonyl (C=O) groups excluding carboxylic acids is 1. The van der Waals surface area contributed by atoms with E-state index in [0.29, 0.717) is 32.3 Å². The third kappa shape index (κ3) is 4.10. The van der Waals surface area contributed by atoms with Crippen LogP contribution in [0.4, 0.5) is 0 Å². The standard InChI is InChI=1S/C19H28O3/c1-3-5-14-22-18(20)16-10-12-19(21,13-11-16)17-8-6-15(4-2)7-9-17/h6-9,16,21H,3-5,10-14H2,1-2H3. The van der Waals surface area contributed by atoms with E-state index in [1.54, 1.807) is 0 Å². The van der Waals surface area contributed by atoms with Gasteiger partial charge in [0.1, 0.15) is 0 Å². The number of rotatable bonds is 6. The quantitative estimate of drug-likeness (QED) is 0.639. The van der Waals surface area contributed by atoms with Gasteiger partial charge in [-0.05, 0) is 49.7 Å². The van der Waals surface area contributed by atoms with E-state index in [9.17, 15) is 9.90 Å². The number of ether oxygens (including phenoxy) is 1. The summed E-state index contributed by atoms with van der Waals surface area (Å²) in [5.41, 5.74) is 1.47. The van der Waals surface area contributed by atoms with Crippen molar-refractivity contribution in [2.24, 2.45) is 5.92 Å². The van der Waals surface area contributed by atoms with Crippen LogP contribution in [0.5, 0.6) is 0 Å². The zero-order valence-electron chi connectivity index (χ0n) is 13.8. The van der Waals surface area contributed by atoms with Gasteiger partial charge < -0.3 is 9.84 Å². The monoisotopic (exact) mass is 304 g/mol. The maximum absolute atomic E-state index is 12.0. The Hall–Kier alpha value is -1.35. The average Bonchev–Trinajstić information content (AvgIpc) is 2.55. The molecule has 0 atom stereocenters. The van der Waals surface area contributed by atoms with Gasteiger partial charge in [0.05, 0.1) is 18.1 Å². The second kappa shape index (κ2) is 7.77. The van der Waals surface area contributed by atoms with Crippen molar-refractivity contribution in [1.82, 2.24) is 0 Å². The Kier molecular flexibility index (Phi) is 6.01. The number of carbonyl (C=O) groups is 1. The molecule has 0 saturated heterocycles. The molecule has 3 nitrogen and oxygen atoms in total. The van der Waals surface area contributed by atoms with E-state index in [1.807, 2.05) is 12.1 Å². The summed E-state index contributed by atoms with van der Waals surface area (Å²) in [6.45, 7) is 4.73. The van der Waals surface area contributed by atoms with Crippen LogP contribution in [-0.2, 0) is 21.6 Å². The van der Waals surface area contributed by atoms with Gasteiger partial charge in [0, 0.05) is 0 Å². The fourth-order valence-corrected chi connectivity index (χ4v) is 3.11. The summed E-state index contributed by atoms with van der Waals surface area (Å²) in [5, 5.41) is 10.9. The molecule has 0 radical (unpaired) electrons. The molecule has 1 saturated carbocycles. The SMILES string of the molecule is CCCCOC(=O)C1CCC(O)(c2ccc(CC)cc2)CC1. The fraction of sp³-hybridized carbons (Fsp3) is 0.632. The molecular formula is C19H28O3. The summed E-state index contributed by atoms with van der Waals surface area (Å²) < 4.78 is 5.31. The van der Waals surface area contributed by atoms with Crippen LogP contribution in [0.3, 0.4) is 0 Å². The van der Waals surface area contributed by atoms with Crippen LogP contribution in [0.15, 0.2) is 24.3 Å². The van der Waals surface area contributed by atoms with Crippen molar-refractivity contribution in [3.63, 3.8) is 0 Å². The Morgan fingerprint density at radius 3 is 2.41 bits per heavy atom. The van der Waals surface area contributed by atoms with Gasteiger partial charge >= 0.3 is 5.97 Å². The zero-order valence-corrected chi connectivity index (χ0v) is 13.8. The van der Waals surface area contributed by atoms with Crippen LogP contribution >= 0.6 is 0 Å². The Bertz CT molecular complexity index is 470. The number of hydrogen-bond donors (Lipinski definition) is 1. The smallest absolute Gasteiger partial charge is 0.308 e. The molecule has 0 unspecified atom stereocenters. The molecule has 0 heterocycles. The van der Waals surface area contributed by atoms with Gasteiger partial charge in [-0.3, -0.25) is 4.79 Å². The molecular weight excluding hydrogens is 276 g/mol. The molecule has 1 fully saturated rings. The van der Waals surface area contributed by atoms with Gasteiger partial charge in [0.25, 0.3) is 0 Å². The molecule has 0 bridgehead atoms. The Morgan fingerprint density at radius 2 is 1.86 bits per heavy atom. The van der Waals surface area contributed by atoms with Gasteiger partial charge in [0.2, 0.25) is 0 Å². The first kappa shape index (κ1) is 17.0. The molecule has 122 valence electrons. The minimum Gasteiger partial charge on any atom is -0.465 e. The summed E-state index contributed by atoms with van der Waals surface area (Å²) in [6.07, 6.45) is 5.63. The van der Waals surface area contributed by atoms with Crippen LogP contribution in [0.25, 0.3) is 0 Å². The van der Waals surface area contributed by atoms with E-state index in [4.69, 9.17) is 4.74 Å². The molecule has 1 aromatic rings. The Balaban J connectivity index is 1.90. The van der Waals surface area contributed by atoms with Gasteiger partial charge in [-0.15, -0.1) is 0 Å². The molecule has 0 spiro atoms. The highest BCUT2D eigenvalue weighted by atomic mass is 16.5. The van der Waals surface area contributed by atoms with E-state index in [1.165, 1.54) is 5.56 Å². The topological polar surface area (TPSA) is 46.5 Å². The first-order valence-corrected chi connectivity index (χ1v) is 8.57. The lowest BCUT2D eigenvalue weighted by Gasteiger charge is -2.35. The average molecular weight is 304 g/mol. The minimum atomic E-state index is -0.785. The maximum atomic E-state index is 12.0. The largest absolute Gasteiger partial charge is 0.465 e. The van der Waals surface area contributed by atoms with Crippen LogP contribution in [0.1, 0.15) is 63.5 Å². The third-order valence-electron chi connectivity index (χ3n) is 4.79. The molecule has 22 heavy (non-hydrogen) atoms. The highest BCUT2D eigenvalue weighted by Gasteiger charge is 2.37. The van der Waals surface area contributed by atoms with Crippen molar-refractivity contribution in [3.8, 4) is 0 Å². The summed E-state index contributed by atoms with van der Waals surface area (Å²) in [5.74, 6) is -0.135. The molecule has 3 heteroatoms. The van der Waals surface area contributed by atoms with Gasteiger partial charge in [-0.1, -0.05) is 44.5 Å². The van der Waals surface area contributed by atoms with Crippen molar-refractivity contribution >= 4 is 5.97 Å². The molecule has 1 aliphatic carbocycles. The summed E-state index contributed by atoms with van der Waals surface area (Å²) in [7, 11) is 0. The molecule has 0 aromatic heterocycles. The number of aryl methyl sites for hydroxylation is 1. The Morgan fingerprint density at radius 1 is 1.23 bits per heavy atom. The number of aliphatic hydroxyl groups is 1. The van der Waals surface area contributed by atoms with E-state index < -0.39 is 5.60 Å². The number of unbranched alkanes of at least 4 members (excludes halogenated alkanes) is 1. The molecule has 0 aliphatic heterocycles. The lowest BCUT2D eigenvalue weighted by molar-refractivity contribution is -0.151. The zero-order chi connectivity index (χ0) is 16.0. The Labute approximate surface area is 133 Å². The van der Waals surface area contributed by atoms with Gasteiger partial charge in [-0.25, -0.2) is 0 Å². The molecule has 0 amide bonds. The summed E-state index contributed by atoms with van der Waals surface area (Å²) in [4.78, 5) is 12.0. The van der Waals surface area contributed by atoms with Crippen LogP contribution < -0.4 is 0 Å². The van der Waals surface area contributed by atoms with Crippen molar-refractivity contribution in [3.05, 3.63) is 35.4 Å². The minimum absolute atomic E-state index is 0.0490. The predicted molar refractivity (Wildman–Crippen MR) is 87.5 cm³/mol. The third-order valence-corrected chi connectivity index (χ3v) is 4.79. The normalized spacial score (nSPS) is 25.0. The van der Waals surface area contributed by atoms with E-state index in [-0.39, 0.29) is 11.9 Å². The second-order valence-electron chi connectivity index (χ2n) is 6.38. The highest BCUT2D eigenvalue weighted by molar-refractivity contribution is 5.72. The van der Waals surface area contributed by atoms with Crippen molar-refractivity contribution in [2.45, 2.75) is 64.4 Å². The van der Waals surface area contributed by atoms with Crippen LogP contribution in [-0.4, -0.2) is 17.7 Å². The predicted octanol–water partition coefficient (Wildman–Crippen LogP) is 3.97. The number of esters is 1. The van der Waals surface area contributed by atoms with E-state index in [2.05, 4.69) is 26.0 Å². The first-order valence-electron chi connectivity index (χ1n) is 8.57. The van der Waals surface area contributed by atoms with Crippen molar-refractivity contribution < 1.29 is 14.6 Å².